The zero-order valence-corrected chi connectivity index (χ0v) is 23.0. The van der Waals surface area contributed by atoms with Gasteiger partial charge in [0.2, 0.25) is 5.82 Å². The number of hydrogen-bond donors (Lipinski definition) is 2. The van der Waals surface area contributed by atoms with E-state index >= 15 is 0 Å². The van der Waals surface area contributed by atoms with Crippen LogP contribution in [-0.4, -0.2) is 56.0 Å². The van der Waals surface area contributed by atoms with Crippen molar-refractivity contribution in [3.05, 3.63) is 78.8 Å². The fourth-order valence-electron chi connectivity index (χ4n) is 4.82. The van der Waals surface area contributed by atoms with Crippen molar-refractivity contribution >= 4 is 45.4 Å². The first-order chi connectivity index (χ1) is 19.1. The first-order valence-electron chi connectivity index (χ1n) is 12.5. The van der Waals surface area contributed by atoms with Crippen LogP contribution in [0.15, 0.2) is 67.4 Å². The molecule has 0 aliphatic carbocycles. The van der Waals surface area contributed by atoms with Crippen LogP contribution < -0.4 is 11.1 Å². The standard InChI is InChI=1S/C27H24IN11/c28-22-12-18(35-23-7-10-32-24(13-29)37-23)8-11-38(22)15-17-3-5-19(6-4-17)39-26(20-2-1-9-33-25(20)30)36-21-14-31-16-34-27(21)39/h1-7,9-10,14,16,18,22H,8,11-12,15H2,(H2,30,33)(H,32,35,37). The molecule has 5 heterocycles. The van der Waals surface area contributed by atoms with Crippen LogP contribution in [0.4, 0.5) is 11.6 Å². The maximum atomic E-state index is 9.05. The number of piperidine rings is 1. The number of fused-ring (bicyclic) bond motifs is 1. The van der Waals surface area contributed by atoms with Crippen LogP contribution >= 0.6 is 22.6 Å². The van der Waals surface area contributed by atoms with E-state index in [0.717, 1.165) is 37.2 Å². The normalized spacial score (nSPS) is 17.6. The largest absolute Gasteiger partial charge is 0.383 e. The maximum absolute atomic E-state index is 9.05. The summed E-state index contributed by atoms with van der Waals surface area (Å²) < 4.78 is 2.36. The van der Waals surface area contributed by atoms with E-state index in [4.69, 9.17) is 16.0 Å². The number of halogens is 1. The summed E-state index contributed by atoms with van der Waals surface area (Å²) in [7, 11) is 0. The first kappa shape index (κ1) is 25.1. The quantitative estimate of drug-likeness (QED) is 0.161. The number of nitrogen functional groups attached to an aromatic ring is 1. The molecule has 0 saturated carbocycles. The Morgan fingerprint density at radius 1 is 1.08 bits per heavy atom. The molecule has 1 aromatic carbocycles. The summed E-state index contributed by atoms with van der Waals surface area (Å²) in [6, 6.07) is 16.3. The molecule has 0 bridgehead atoms. The summed E-state index contributed by atoms with van der Waals surface area (Å²) >= 11 is 2.51. The van der Waals surface area contributed by atoms with Gasteiger partial charge >= 0.3 is 0 Å². The minimum absolute atomic E-state index is 0.180. The summed E-state index contributed by atoms with van der Waals surface area (Å²) in [5.41, 5.74) is 10.5. The number of aromatic nitrogens is 7. The van der Waals surface area contributed by atoms with Crippen molar-refractivity contribution in [2.45, 2.75) is 29.5 Å². The van der Waals surface area contributed by atoms with E-state index < -0.39 is 0 Å². The fourth-order valence-corrected chi connectivity index (χ4v) is 5.91. The lowest BCUT2D eigenvalue weighted by Crippen LogP contribution is -2.43. The lowest BCUT2D eigenvalue weighted by molar-refractivity contribution is 0.199. The van der Waals surface area contributed by atoms with Gasteiger partial charge in [0.05, 0.1) is 15.8 Å². The average molecular weight is 629 g/mol. The van der Waals surface area contributed by atoms with Crippen LogP contribution in [0.25, 0.3) is 28.2 Å². The van der Waals surface area contributed by atoms with Gasteiger partial charge in [-0.3, -0.25) is 9.47 Å². The van der Waals surface area contributed by atoms with Gasteiger partial charge in [0, 0.05) is 37.2 Å². The molecule has 0 spiro atoms. The summed E-state index contributed by atoms with van der Waals surface area (Å²) in [5, 5.41) is 12.5. The Bertz CT molecular complexity index is 1660. The molecule has 3 N–H and O–H groups in total. The molecule has 6 rings (SSSR count). The van der Waals surface area contributed by atoms with E-state index in [0.29, 0.717) is 38.7 Å². The number of anilines is 2. The lowest BCUT2D eigenvalue weighted by atomic mass is 10.0. The molecule has 1 aliphatic rings. The van der Waals surface area contributed by atoms with Crippen molar-refractivity contribution in [2.75, 3.05) is 17.6 Å². The predicted octanol–water partition coefficient (Wildman–Crippen LogP) is 3.96. The third-order valence-electron chi connectivity index (χ3n) is 6.73. The van der Waals surface area contributed by atoms with Crippen molar-refractivity contribution in [1.82, 2.24) is 39.4 Å². The lowest BCUT2D eigenvalue weighted by Gasteiger charge is -2.37. The number of nitrogens with two attached hydrogens (primary N) is 1. The van der Waals surface area contributed by atoms with E-state index in [1.54, 1.807) is 24.7 Å². The third kappa shape index (κ3) is 5.23. The number of rotatable bonds is 6. The Balaban J connectivity index is 1.18. The summed E-state index contributed by atoms with van der Waals surface area (Å²) in [5.74, 6) is 1.97. The molecule has 1 saturated heterocycles. The van der Waals surface area contributed by atoms with Crippen LogP contribution in [0, 0.1) is 11.3 Å². The number of benzene rings is 1. The number of nitrogens with one attached hydrogen (secondary N) is 1. The highest BCUT2D eigenvalue weighted by Gasteiger charge is 2.27. The zero-order valence-electron chi connectivity index (χ0n) is 20.8. The molecular formula is C27H24IN11. The predicted molar refractivity (Wildman–Crippen MR) is 156 cm³/mol. The van der Waals surface area contributed by atoms with Gasteiger partial charge in [0.15, 0.2) is 11.5 Å². The second-order valence-corrected chi connectivity index (χ2v) is 10.7. The molecular weight excluding hydrogens is 605 g/mol. The third-order valence-corrected chi connectivity index (χ3v) is 8.03. The minimum Gasteiger partial charge on any atom is -0.383 e. The maximum Gasteiger partial charge on any atom is 0.234 e. The second-order valence-electron chi connectivity index (χ2n) is 9.25. The average Bonchev–Trinajstić information content (AvgIpc) is 3.34. The molecule has 0 radical (unpaired) electrons. The van der Waals surface area contributed by atoms with Crippen molar-refractivity contribution in [3.63, 3.8) is 0 Å². The van der Waals surface area contributed by atoms with Crippen LogP contribution in [-0.2, 0) is 6.54 Å². The van der Waals surface area contributed by atoms with E-state index in [-0.39, 0.29) is 5.82 Å². The summed E-state index contributed by atoms with van der Waals surface area (Å²) in [6.07, 6.45) is 8.47. The molecule has 12 heteroatoms. The van der Waals surface area contributed by atoms with Gasteiger partial charge in [-0.05, 0) is 48.7 Å². The van der Waals surface area contributed by atoms with Crippen LogP contribution in [0.3, 0.4) is 0 Å². The Labute approximate surface area is 238 Å². The Hall–Kier alpha value is -4.22. The Morgan fingerprint density at radius 2 is 1.95 bits per heavy atom. The Morgan fingerprint density at radius 3 is 2.74 bits per heavy atom. The number of likely N-dealkylation sites (tertiary alicyclic amines) is 1. The van der Waals surface area contributed by atoms with Crippen molar-refractivity contribution in [3.8, 4) is 23.1 Å². The number of nitrogens with zero attached hydrogens (tertiary/aromatic N) is 9. The van der Waals surface area contributed by atoms with Crippen molar-refractivity contribution in [2.24, 2.45) is 0 Å². The van der Waals surface area contributed by atoms with Crippen LogP contribution in [0.2, 0.25) is 0 Å². The number of pyridine rings is 1. The first-order valence-corrected chi connectivity index (χ1v) is 13.7. The minimum atomic E-state index is 0.180. The van der Waals surface area contributed by atoms with Crippen molar-refractivity contribution < 1.29 is 0 Å². The monoisotopic (exact) mass is 629 g/mol. The molecule has 11 nitrogen and oxygen atoms in total. The number of imidazole rings is 1. The molecule has 1 aliphatic heterocycles. The number of hydrogen-bond acceptors (Lipinski definition) is 10. The van der Waals surface area contributed by atoms with Gasteiger partial charge in [0.25, 0.3) is 0 Å². The fraction of sp³-hybridized carbons (Fsp3) is 0.222. The highest BCUT2D eigenvalue weighted by molar-refractivity contribution is 14.1. The Kier molecular flexibility index (Phi) is 6.99. The summed E-state index contributed by atoms with van der Waals surface area (Å²) in [6.45, 7) is 1.80. The SMILES string of the molecule is N#Cc1nccc(NC2CCN(Cc3ccc(-n4c(-c5cccnc5N)nc5cncnc54)cc3)C(I)C2)n1. The second kappa shape index (κ2) is 10.9. The van der Waals surface area contributed by atoms with Crippen LogP contribution in [0.5, 0.6) is 0 Å². The van der Waals surface area contributed by atoms with E-state index in [1.165, 1.54) is 11.9 Å². The highest BCUT2D eigenvalue weighted by Crippen LogP contribution is 2.31. The molecule has 194 valence electrons. The van der Waals surface area contributed by atoms with E-state index in [1.807, 2.05) is 22.8 Å². The number of alkyl halides is 1. The van der Waals surface area contributed by atoms with Gasteiger partial charge in [-0.2, -0.15) is 5.26 Å². The summed E-state index contributed by atoms with van der Waals surface area (Å²) in [4.78, 5) is 28.3. The highest BCUT2D eigenvalue weighted by atomic mass is 127. The molecule has 2 atom stereocenters. The topological polar surface area (TPSA) is 147 Å². The molecule has 4 aromatic heterocycles. The smallest absolute Gasteiger partial charge is 0.234 e. The van der Waals surface area contributed by atoms with Gasteiger partial charge in [0.1, 0.15) is 29.5 Å². The van der Waals surface area contributed by atoms with E-state index in [2.05, 4.69) is 82.0 Å². The van der Waals surface area contributed by atoms with Gasteiger partial charge in [-0.15, -0.1) is 0 Å². The zero-order chi connectivity index (χ0) is 26.8. The van der Waals surface area contributed by atoms with Gasteiger partial charge in [-0.25, -0.2) is 29.9 Å². The van der Waals surface area contributed by atoms with Gasteiger partial charge in [-0.1, -0.05) is 34.7 Å². The van der Waals surface area contributed by atoms with Gasteiger partial charge < -0.3 is 11.1 Å². The van der Waals surface area contributed by atoms with Crippen LogP contribution in [0.1, 0.15) is 24.2 Å². The van der Waals surface area contributed by atoms with Crippen molar-refractivity contribution in [1.29, 1.82) is 5.26 Å². The van der Waals surface area contributed by atoms with E-state index in [9.17, 15) is 0 Å². The number of nitriles is 1. The molecule has 5 aromatic rings. The molecule has 0 amide bonds. The molecule has 2 unspecified atom stereocenters. The molecule has 1 fully saturated rings. The molecule has 39 heavy (non-hydrogen) atoms.